The van der Waals surface area contributed by atoms with Gasteiger partial charge in [-0.2, -0.15) is 0 Å². The summed E-state index contributed by atoms with van der Waals surface area (Å²) in [6.45, 7) is 2.84. The standard InChI is InChI=1S/C21H20F2N2O5S/c1-12-20(15-5-3-4-6-18(15)25-12)21(27)13(2)30-19(26)9-10-24-31(28,29)14-7-8-16(22)17(23)11-14/h3-8,11,13,24-25H,9-10H2,1-2H3. The summed E-state index contributed by atoms with van der Waals surface area (Å²) in [5.74, 6) is -3.65. The Labute approximate surface area is 177 Å². The summed E-state index contributed by atoms with van der Waals surface area (Å²) >= 11 is 0. The van der Waals surface area contributed by atoms with Gasteiger partial charge in [0.1, 0.15) is 0 Å². The van der Waals surface area contributed by atoms with Crippen LogP contribution in [0.3, 0.4) is 0 Å². The van der Waals surface area contributed by atoms with Crippen LogP contribution in [0.25, 0.3) is 10.9 Å². The second-order valence-electron chi connectivity index (χ2n) is 6.89. The van der Waals surface area contributed by atoms with E-state index < -0.39 is 38.6 Å². The average molecular weight is 450 g/mol. The van der Waals surface area contributed by atoms with Gasteiger partial charge in [0.25, 0.3) is 0 Å². The molecule has 7 nitrogen and oxygen atoms in total. The van der Waals surface area contributed by atoms with Crippen LogP contribution in [-0.4, -0.2) is 37.8 Å². The Hall–Kier alpha value is -3.11. The van der Waals surface area contributed by atoms with Crippen LogP contribution in [0.15, 0.2) is 47.4 Å². The minimum Gasteiger partial charge on any atom is -0.454 e. The second-order valence-corrected chi connectivity index (χ2v) is 8.66. The molecule has 0 spiro atoms. The van der Waals surface area contributed by atoms with Gasteiger partial charge in [-0.25, -0.2) is 21.9 Å². The molecular weight excluding hydrogens is 430 g/mol. The van der Waals surface area contributed by atoms with Crippen molar-refractivity contribution in [3.05, 3.63) is 65.4 Å². The Morgan fingerprint density at radius 2 is 1.84 bits per heavy atom. The molecule has 0 bridgehead atoms. The van der Waals surface area contributed by atoms with Gasteiger partial charge in [-0.05, 0) is 38.1 Å². The van der Waals surface area contributed by atoms with Crippen LogP contribution < -0.4 is 4.72 Å². The molecular formula is C21H20F2N2O5S. The van der Waals surface area contributed by atoms with Gasteiger partial charge in [0.2, 0.25) is 15.8 Å². The fraction of sp³-hybridized carbons (Fsp3) is 0.238. The first-order valence-corrected chi connectivity index (χ1v) is 10.8. The number of esters is 1. The highest BCUT2D eigenvalue weighted by Gasteiger charge is 2.24. The van der Waals surface area contributed by atoms with E-state index >= 15 is 0 Å². The van der Waals surface area contributed by atoms with E-state index in [-0.39, 0.29) is 18.7 Å². The summed E-state index contributed by atoms with van der Waals surface area (Å²) in [5.41, 5.74) is 1.86. The number of aryl methyl sites for hydroxylation is 1. The number of H-pyrrole nitrogens is 1. The normalized spacial score (nSPS) is 12.6. The molecule has 0 fully saturated rings. The Morgan fingerprint density at radius 3 is 2.55 bits per heavy atom. The fourth-order valence-electron chi connectivity index (χ4n) is 3.12. The summed E-state index contributed by atoms with van der Waals surface area (Å²) in [6.07, 6.45) is -1.43. The summed E-state index contributed by atoms with van der Waals surface area (Å²) < 4.78 is 57.7. The number of aromatic amines is 1. The molecule has 0 saturated heterocycles. The van der Waals surface area contributed by atoms with E-state index in [1.807, 2.05) is 12.1 Å². The molecule has 0 saturated carbocycles. The van der Waals surface area contributed by atoms with E-state index in [2.05, 4.69) is 9.71 Å². The Morgan fingerprint density at radius 1 is 1.13 bits per heavy atom. The van der Waals surface area contributed by atoms with Gasteiger partial charge in [0, 0.05) is 28.7 Å². The monoisotopic (exact) mass is 450 g/mol. The summed E-state index contributed by atoms with van der Waals surface area (Å²) in [4.78, 5) is 27.5. The van der Waals surface area contributed by atoms with Gasteiger partial charge in [-0.1, -0.05) is 18.2 Å². The number of sulfonamides is 1. The zero-order valence-electron chi connectivity index (χ0n) is 16.7. The minimum atomic E-state index is -4.14. The third-order valence-corrected chi connectivity index (χ3v) is 6.10. The van der Waals surface area contributed by atoms with E-state index in [1.54, 1.807) is 19.1 Å². The lowest BCUT2D eigenvalue weighted by atomic mass is 10.0. The number of Topliss-reactive ketones (excluding diaryl/α,β-unsaturated/α-hetero) is 1. The molecule has 0 aliphatic rings. The quantitative estimate of drug-likeness (QED) is 0.405. The number of hydrogen-bond acceptors (Lipinski definition) is 5. The molecule has 10 heteroatoms. The number of nitrogens with one attached hydrogen (secondary N) is 2. The number of para-hydroxylation sites is 1. The molecule has 0 aliphatic carbocycles. The predicted octanol–water partition coefficient (Wildman–Crippen LogP) is 3.24. The third-order valence-electron chi connectivity index (χ3n) is 4.64. The van der Waals surface area contributed by atoms with Crippen molar-refractivity contribution in [1.82, 2.24) is 9.71 Å². The third kappa shape index (κ3) is 4.97. The topological polar surface area (TPSA) is 105 Å². The largest absolute Gasteiger partial charge is 0.454 e. The summed E-state index contributed by atoms with van der Waals surface area (Å²) in [7, 11) is -4.14. The van der Waals surface area contributed by atoms with E-state index in [0.717, 1.165) is 11.6 Å². The van der Waals surface area contributed by atoms with Gasteiger partial charge < -0.3 is 9.72 Å². The predicted molar refractivity (Wildman–Crippen MR) is 109 cm³/mol. The molecule has 164 valence electrons. The molecule has 2 aromatic carbocycles. The average Bonchev–Trinajstić information content (AvgIpc) is 3.04. The van der Waals surface area contributed by atoms with Crippen LogP contribution in [0.2, 0.25) is 0 Å². The smallest absolute Gasteiger partial charge is 0.307 e. The number of carbonyl (C=O) groups is 2. The summed E-state index contributed by atoms with van der Waals surface area (Å²) in [5, 5.41) is 0.715. The Bertz CT molecular complexity index is 1250. The zero-order chi connectivity index (χ0) is 22.8. The van der Waals surface area contributed by atoms with Crippen molar-refractivity contribution in [2.24, 2.45) is 0 Å². The molecule has 2 N–H and O–H groups in total. The lowest BCUT2D eigenvalue weighted by Gasteiger charge is -2.13. The summed E-state index contributed by atoms with van der Waals surface area (Å²) in [6, 6.07) is 9.38. The van der Waals surface area contributed by atoms with Gasteiger partial charge in [0.05, 0.1) is 11.3 Å². The van der Waals surface area contributed by atoms with Crippen molar-refractivity contribution in [1.29, 1.82) is 0 Å². The first-order chi connectivity index (χ1) is 14.6. The highest BCUT2D eigenvalue weighted by molar-refractivity contribution is 7.89. The van der Waals surface area contributed by atoms with Gasteiger partial charge >= 0.3 is 5.97 Å². The highest BCUT2D eigenvalue weighted by atomic mass is 32.2. The molecule has 0 aliphatic heterocycles. The van der Waals surface area contributed by atoms with Crippen molar-refractivity contribution in [2.75, 3.05) is 6.54 Å². The number of ketones is 1. The zero-order valence-corrected chi connectivity index (χ0v) is 17.6. The first kappa shape index (κ1) is 22.6. The molecule has 1 unspecified atom stereocenters. The Kier molecular flexibility index (Phi) is 6.51. The molecule has 0 amide bonds. The maximum Gasteiger partial charge on any atom is 0.307 e. The van der Waals surface area contributed by atoms with Crippen molar-refractivity contribution < 1.29 is 31.5 Å². The maximum absolute atomic E-state index is 13.2. The van der Waals surface area contributed by atoms with Crippen LogP contribution in [0.4, 0.5) is 8.78 Å². The first-order valence-electron chi connectivity index (χ1n) is 9.36. The number of rotatable bonds is 8. The van der Waals surface area contributed by atoms with Gasteiger partial charge in [0.15, 0.2) is 17.7 Å². The molecule has 1 atom stereocenters. The minimum absolute atomic E-state index is 0.340. The number of aromatic nitrogens is 1. The van der Waals surface area contributed by atoms with Crippen molar-refractivity contribution in [2.45, 2.75) is 31.3 Å². The number of hydrogen-bond donors (Lipinski definition) is 2. The number of benzene rings is 2. The van der Waals surface area contributed by atoms with Crippen molar-refractivity contribution >= 4 is 32.7 Å². The molecule has 3 aromatic rings. The number of carbonyl (C=O) groups excluding carboxylic acids is 2. The van der Waals surface area contributed by atoms with Crippen LogP contribution in [0, 0.1) is 18.6 Å². The van der Waals surface area contributed by atoms with E-state index in [4.69, 9.17) is 4.74 Å². The lowest BCUT2D eigenvalue weighted by Crippen LogP contribution is -2.29. The van der Waals surface area contributed by atoms with Crippen molar-refractivity contribution in [3.8, 4) is 0 Å². The molecule has 1 aromatic heterocycles. The molecule has 3 rings (SSSR count). The maximum atomic E-state index is 13.2. The number of fused-ring (bicyclic) bond motifs is 1. The van der Waals surface area contributed by atoms with Crippen molar-refractivity contribution in [3.63, 3.8) is 0 Å². The lowest BCUT2D eigenvalue weighted by molar-refractivity contribution is -0.146. The van der Waals surface area contributed by atoms with E-state index in [1.165, 1.54) is 6.92 Å². The fourth-order valence-corrected chi connectivity index (χ4v) is 4.17. The molecule has 1 heterocycles. The molecule has 31 heavy (non-hydrogen) atoms. The van der Waals surface area contributed by atoms with E-state index in [0.29, 0.717) is 28.8 Å². The number of ether oxygens (including phenoxy) is 1. The van der Waals surface area contributed by atoms with Gasteiger partial charge in [-0.15, -0.1) is 0 Å². The molecule has 0 radical (unpaired) electrons. The Balaban J connectivity index is 1.58. The van der Waals surface area contributed by atoms with E-state index in [9.17, 15) is 26.8 Å². The van der Waals surface area contributed by atoms with Crippen LogP contribution in [0.1, 0.15) is 29.4 Å². The second kappa shape index (κ2) is 8.94. The van der Waals surface area contributed by atoms with Crippen LogP contribution in [-0.2, 0) is 19.6 Å². The number of halogens is 2. The highest BCUT2D eigenvalue weighted by Crippen LogP contribution is 2.24. The SMILES string of the molecule is Cc1[nH]c2ccccc2c1C(=O)C(C)OC(=O)CCNS(=O)(=O)c1ccc(F)c(F)c1. The van der Waals surface area contributed by atoms with Crippen LogP contribution in [0.5, 0.6) is 0 Å². The van der Waals surface area contributed by atoms with Crippen LogP contribution >= 0.6 is 0 Å². The van der Waals surface area contributed by atoms with Gasteiger partial charge in [-0.3, -0.25) is 9.59 Å².